The molecular weight excluding hydrogens is 376 g/mol. The van der Waals surface area contributed by atoms with Crippen LogP contribution in [0.1, 0.15) is 36.3 Å². The Morgan fingerprint density at radius 2 is 2.04 bits per heavy atom. The van der Waals surface area contributed by atoms with Crippen LogP contribution in [0.2, 0.25) is 0 Å². The molecule has 1 amide bonds. The average molecular weight is 391 g/mol. The highest BCUT2D eigenvalue weighted by Gasteiger charge is 2.33. The molecule has 7 heteroatoms. The Morgan fingerprint density at radius 1 is 1.38 bits per heavy atom. The monoisotopic (exact) mass is 390 g/mol. The molecule has 0 fully saturated rings. The topological polar surface area (TPSA) is 83.1 Å². The highest BCUT2D eigenvalue weighted by molar-refractivity contribution is 9.10. The number of benzene rings is 1. The molecule has 1 atom stereocenters. The lowest BCUT2D eigenvalue weighted by molar-refractivity contribution is -0.130. The van der Waals surface area contributed by atoms with Crippen molar-refractivity contribution in [1.29, 1.82) is 0 Å². The third kappa shape index (κ3) is 2.99. The summed E-state index contributed by atoms with van der Waals surface area (Å²) in [7, 11) is 0. The maximum absolute atomic E-state index is 12.1. The molecule has 124 valence electrons. The molecule has 0 saturated carbocycles. The van der Waals surface area contributed by atoms with Crippen LogP contribution in [0.15, 0.2) is 49.1 Å². The summed E-state index contributed by atoms with van der Waals surface area (Å²) in [6, 6.07) is 8.57. The molecule has 24 heavy (non-hydrogen) atoms. The van der Waals surface area contributed by atoms with Crippen molar-refractivity contribution in [2.75, 3.05) is 0 Å². The number of aryl methyl sites for hydroxylation is 1. The molecular formula is C17H15BrN2O4. The number of halogens is 1. The highest BCUT2D eigenvalue weighted by Crippen LogP contribution is 2.34. The molecule has 0 radical (unpaired) electrons. The maximum Gasteiger partial charge on any atom is 0.348 e. The summed E-state index contributed by atoms with van der Waals surface area (Å²) in [6.07, 6.45) is 0.322. The molecule has 0 saturated heterocycles. The van der Waals surface area contributed by atoms with Crippen LogP contribution >= 0.6 is 15.9 Å². The van der Waals surface area contributed by atoms with Crippen LogP contribution in [0.3, 0.4) is 0 Å². The van der Waals surface area contributed by atoms with Gasteiger partial charge < -0.3 is 9.52 Å². The van der Waals surface area contributed by atoms with E-state index in [1.165, 1.54) is 18.0 Å². The Balaban J connectivity index is 2.03. The van der Waals surface area contributed by atoms with E-state index in [2.05, 4.69) is 21.0 Å². The predicted molar refractivity (Wildman–Crippen MR) is 91.9 cm³/mol. The van der Waals surface area contributed by atoms with Gasteiger partial charge in [-0.3, -0.25) is 4.79 Å². The summed E-state index contributed by atoms with van der Waals surface area (Å²) in [5.41, 5.74) is 0.574. The molecule has 1 aromatic heterocycles. The van der Waals surface area contributed by atoms with Crippen molar-refractivity contribution in [3.05, 3.63) is 62.1 Å². The molecule has 0 aliphatic carbocycles. The van der Waals surface area contributed by atoms with Gasteiger partial charge in [-0.1, -0.05) is 28.1 Å². The minimum absolute atomic E-state index is 0.00598. The zero-order valence-corrected chi connectivity index (χ0v) is 14.7. The van der Waals surface area contributed by atoms with E-state index in [-0.39, 0.29) is 23.3 Å². The van der Waals surface area contributed by atoms with Gasteiger partial charge in [-0.15, -0.1) is 0 Å². The summed E-state index contributed by atoms with van der Waals surface area (Å²) in [5, 5.41) is 15.7. The quantitative estimate of drug-likeness (QED) is 0.853. The van der Waals surface area contributed by atoms with Gasteiger partial charge in [-0.25, -0.2) is 9.80 Å². The van der Waals surface area contributed by atoms with E-state index in [1.54, 1.807) is 6.92 Å². The van der Waals surface area contributed by atoms with E-state index >= 15 is 0 Å². The van der Waals surface area contributed by atoms with Crippen LogP contribution in [0, 0.1) is 6.92 Å². The van der Waals surface area contributed by atoms with Crippen molar-refractivity contribution < 1.29 is 14.3 Å². The maximum atomic E-state index is 12.1. The standard InChI is InChI=1S/C17H15BrN2O4/c1-9-7-15(22)16(17(23)24-9)13-8-14(20(19-13)10(2)21)11-3-5-12(18)6-4-11/h3-7,14,22H,8H2,1-2H3/t14-/m1/s1. The van der Waals surface area contributed by atoms with E-state index in [1.807, 2.05) is 24.3 Å². The first-order valence-electron chi connectivity index (χ1n) is 7.33. The summed E-state index contributed by atoms with van der Waals surface area (Å²) in [4.78, 5) is 24.0. The van der Waals surface area contributed by atoms with Gasteiger partial charge in [0, 0.05) is 23.9 Å². The van der Waals surface area contributed by atoms with Gasteiger partial charge in [0.2, 0.25) is 5.91 Å². The first kappa shape index (κ1) is 16.4. The zero-order chi connectivity index (χ0) is 17.4. The molecule has 2 aromatic rings. The van der Waals surface area contributed by atoms with Crippen LogP contribution < -0.4 is 5.63 Å². The fourth-order valence-electron chi connectivity index (χ4n) is 2.76. The molecule has 2 heterocycles. The number of hydrazone groups is 1. The highest BCUT2D eigenvalue weighted by atomic mass is 79.9. The summed E-state index contributed by atoms with van der Waals surface area (Å²) in [6.45, 7) is 2.99. The summed E-state index contributed by atoms with van der Waals surface area (Å²) < 4.78 is 5.98. The molecule has 0 unspecified atom stereocenters. The number of nitrogens with zero attached hydrogens (tertiary/aromatic N) is 2. The number of hydrogen-bond acceptors (Lipinski definition) is 5. The Bertz CT molecular complexity index is 886. The fourth-order valence-corrected chi connectivity index (χ4v) is 3.02. The van der Waals surface area contributed by atoms with E-state index in [0.29, 0.717) is 17.9 Å². The number of carbonyl (C=O) groups is 1. The molecule has 0 spiro atoms. The van der Waals surface area contributed by atoms with Gasteiger partial charge >= 0.3 is 5.63 Å². The minimum Gasteiger partial charge on any atom is -0.507 e. The van der Waals surface area contributed by atoms with Crippen molar-refractivity contribution in [2.24, 2.45) is 5.10 Å². The van der Waals surface area contributed by atoms with Crippen molar-refractivity contribution in [3.8, 4) is 5.75 Å². The molecule has 1 aliphatic heterocycles. The van der Waals surface area contributed by atoms with Crippen molar-refractivity contribution in [2.45, 2.75) is 26.3 Å². The van der Waals surface area contributed by atoms with E-state index in [9.17, 15) is 14.7 Å². The van der Waals surface area contributed by atoms with Crippen molar-refractivity contribution in [3.63, 3.8) is 0 Å². The first-order chi connectivity index (χ1) is 11.4. The molecule has 1 aliphatic rings. The van der Waals surface area contributed by atoms with Gasteiger partial charge in [0.25, 0.3) is 0 Å². The van der Waals surface area contributed by atoms with Gasteiger partial charge in [0.1, 0.15) is 17.1 Å². The lowest BCUT2D eigenvalue weighted by atomic mass is 9.99. The van der Waals surface area contributed by atoms with Gasteiger partial charge in [-0.2, -0.15) is 5.10 Å². The third-order valence-corrected chi connectivity index (χ3v) is 4.36. The lowest BCUT2D eigenvalue weighted by Crippen LogP contribution is -2.24. The zero-order valence-electron chi connectivity index (χ0n) is 13.1. The smallest absolute Gasteiger partial charge is 0.348 e. The number of amides is 1. The fraction of sp³-hybridized carbons (Fsp3) is 0.235. The van der Waals surface area contributed by atoms with Gasteiger partial charge in [0.05, 0.1) is 11.8 Å². The second kappa shape index (κ2) is 6.24. The van der Waals surface area contributed by atoms with Gasteiger partial charge in [0.15, 0.2) is 0 Å². The first-order valence-corrected chi connectivity index (χ1v) is 8.13. The molecule has 0 bridgehead atoms. The Morgan fingerprint density at radius 3 is 2.62 bits per heavy atom. The molecule has 3 rings (SSSR count). The number of aromatic hydroxyl groups is 1. The predicted octanol–water partition coefficient (Wildman–Crippen LogP) is 3.11. The van der Waals surface area contributed by atoms with Crippen molar-refractivity contribution in [1.82, 2.24) is 5.01 Å². The molecule has 1 aromatic carbocycles. The second-order valence-corrected chi connectivity index (χ2v) is 6.50. The van der Waals surface area contributed by atoms with Crippen LogP contribution in [0.25, 0.3) is 0 Å². The van der Waals surface area contributed by atoms with E-state index < -0.39 is 5.63 Å². The van der Waals surface area contributed by atoms with Gasteiger partial charge in [-0.05, 0) is 24.6 Å². The SMILES string of the molecule is CC(=O)N1N=C(c2c(O)cc(C)oc2=O)C[C@@H]1c1ccc(Br)cc1. The third-order valence-electron chi connectivity index (χ3n) is 3.83. The van der Waals surface area contributed by atoms with Crippen LogP contribution in [-0.4, -0.2) is 21.7 Å². The van der Waals surface area contributed by atoms with Crippen LogP contribution in [0.4, 0.5) is 0 Å². The lowest BCUT2D eigenvalue weighted by Gasteiger charge is -2.20. The summed E-state index contributed by atoms with van der Waals surface area (Å²) in [5.74, 6) is -0.121. The Hall–Kier alpha value is -2.41. The number of carbonyl (C=O) groups excluding carboxylic acids is 1. The van der Waals surface area contributed by atoms with E-state index in [0.717, 1.165) is 10.0 Å². The average Bonchev–Trinajstić information content (AvgIpc) is 2.92. The van der Waals surface area contributed by atoms with Crippen LogP contribution in [0.5, 0.6) is 5.75 Å². The minimum atomic E-state index is -0.661. The molecule has 6 nitrogen and oxygen atoms in total. The molecule has 1 N–H and O–H groups in total. The largest absolute Gasteiger partial charge is 0.507 e. The second-order valence-electron chi connectivity index (χ2n) is 5.59. The summed E-state index contributed by atoms with van der Waals surface area (Å²) >= 11 is 3.38. The number of rotatable bonds is 2. The van der Waals surface area contributed by atoms with E-state index in [4.69, 9.17) is 4.42 Å². The van der Waals surface area contributed by atoms with Crippen LogP contribution in [-0.2, 0) is 4.79 Å². The number of hydrogen-bond donors (Lipinski definition) is 1. The Kier molecular flexibility index (Phi) is 4.28. The Labute approximate surface area is 146 Å². The normalized spacial score (nSPS) is 17.0. The van der Waals surface area contributed by atoms with Crippen molar-refractivity contribution >= 4 is 27.5 Å².